The van der Waals surface area contributed by atoms with Crippen molar-refractivity contribution in [1.29, 1.82) is 0 Å². The van der Waals surface area contributed by atoms with Crippen LogP contribution in [0.3, 0.4) is 0 Å². The van der Waals surface area contributed by atoms with Gasteiger partial charge in [0, 0.05) is 18.7 Å². The number of nitrogens with one attached hydrogen (secondary N) is 1. The van der Waals surface area contributed by atoms with Crippen LogP contribution in [0.2, 0.25) is 0 Å². The van der Waals surface area contributed by atoms with E-state index in [1.165, 1.54) is 0 Å². The van der Waals surface area contributed by atoms with Crippen molar-refractivity contribution < 1.29 is 9.90 Å². The van der Waals surface area contributed by atoms with Crippen molar-refractivity contribution in [3.63, 3.8) is 0 Å². The van der Waals surface area contributed by atoms with E-state index in [1.54, 1.807) is 18.2 Å². The van der Waals surface area contributed by atoms with Crippen LogP contribution in [0.15, 0.2) is 24.3 Å². The first-order valence-electron chi connectivity index (χ1n) is 5.93. The lowest BCUT2D eigenvalue weighted by Gasteiger charge is -2.39. The summed E-state index contributed by atoms with van der Waals surface area (Å²) in [6.07, 6.45) is 2.81. The number of phenols is 1. The normalized spacial score (nSPS) is 17.2. The standard InChI is InChI=1S/C13H18N2O2/c14-9-13(6-3-7-13)12(17)15-8-10-4-1-2-5-11(10)16/h1-2,4-5,16H,3,6-9,14H2,(H,15,17). The first-order valence-corrected chi connectivity index (χ1v) is 5.93. The number of carbonyl (C=O) groups excluding carboxylic acids is 1. The zero-order valence-electron chi connectivity index (χ0n) is 9.78. The maximum absolute atomic E-state index is 12.0. The molecule has 4 heteroatoms. The molecule has 2 rings (SSSR count). The lowest BCUT2D eigenvalue weighted by Crippen LogP contribution is -2.50. The van der Waals surface area contributed by atoms with Gasteiger partial charge in [0.2, 0.25) is 5.91 Å². The zero-order valence-corrected chi connectivity index (χ0v) is 9.78. The number of hydrogen-bond donors (Lipinski definition) is 3. The third kappa shape index (κ3) is 2.26. The maximum atomic E-state index is 12.0. The molecule has 0 atom stereocenters. The van der Waals surface area contributed by atoms with E-state index in [0.29, 0.717) is 13.1 Å². The van der Waals surface area contributed by atoms with Crippen LogP contribution in [-0.4, -0.2) is 17.6 Å². The van der Waals surface area contributed by atoms with Crippen molar-refractivity contribution in [3.8, 4) is 5.75 Å². The summed E-state index contributed by atoms with van der Waals surface area (Å²) in [7, 11) is 0. The molecule has 0 spiro atoms. The predicted octanol–water partition coefficient (Wildman–Crippen LogP) is 1.14. The Hall–Kier alpha value is -1.55. The van der Waals surface area contributed by atoms with E-state index < -0.39 is 0 Å². The first-order chi connectivity index (χ1) is 8.18. The van der Waals surface area contributed by atoms with Gasteiger partial charge in [0.05, 0.1) is 5.41 Å². The molecule has 92 valence electrons. The van der Waals surface area contributed by atoms with Crippen LogP contribution in [0.25, 0.3) is 0 Å². The number of aromatic hydroxyl groups is 1. The molecule has 0 aliphatic heterocycles. The minimum absolute atomic E-state index is 0.00880. The Kier molecular flexibility index (Phi) is 3.33. The highest BCUT2D eigenvalue weighted by Crippen LogP contribution is 2.40. The lowest BCUT2D eigenvalue weighted by atomic mass is 9.68. The number of rotatable bonds is 4. The molecule has 1 saturated carbocycles. The van der Waals surface area contributed by atoms with Crippen molar-refractivity contribution in [1.82, 2.24) is 5.32 Å². The summed E-state index contributed by atoms with van der Waals surface area (Å²) in [5.41, 5.74) is 6.03. The Balaban J connectivity index is 1.95. The van der Waals surface area contributed by atoms with Crippen molar-refractivity contribution >= 4 is 5.91 Å². The number of carbonyl (C=O) groups is 1. The van der Waals surface area contributed by atoms with Crippen molar-refractivity contribution in [2.24, 2.45) is 11.1 Å². The Morgan fingerprint density at radius 3 is 2.65 bits per heavy atom. The maximum Gasteiger partial charge on any atom is 0.227 e. The number of amides is 1. The van der Waals surface area contributed by atoms with Gasteiger partial charge in [0.25, 0.3) is 0 Å². The zero-order chi connectivity index (χ0) is 12.3. The fourth-order valence-electron chi connectivity index (χ4n) is 2.15. The fourth-order valence-corrected chi connectivity index (χ4v) is 2.15. The minimum Gasteiger partial charge on any atom is -0.508 e. The van der Waals surface area contributed by atoms with E-state index in [0.717, 1.165) is 24.8 Å². The fraction of sp³-hybridized carbons (Fsp3) is 0.462. The van der Waals surface area contributed by atoms with Gasteiger partial charge in [-0.15, -0.1) is 0 Å². The molecule has 0 saturated heterocycles. The minimum atomic E-state index is -0.357. The average Bonchev–Trinajstić information content (AvgIpc) is 2.27. The molecule has 0 radical (unpaired) electrons. The summed E-state index contributed by atoms with van der Waals surface area (Å²) in [6.45, 7) is 0.757. The monoisotopic (exact) mass is 234 g/mol. The van der Waals surface area contributed by atoms with E-state index in [-0.39, 0.29) is 17.1 Å². The first kappa shape index (κ1) is 11.9. The molecular formula is C13H18N2O2. The van der Waals surface area contributed by atoms with Gasteiger partial charge in [-0.3, -0.25) is 4.79 Å². The van der Waals surface area contributed by atoms with Gasteiger partial charge in [-0.2, -0.15) is 0 Å². The molecule has 1 aliphatic rings. The topological polar surface area (TPSA) is 75.4 Å². The van der Waals surface area contributed by atoms with E-state index in [2.05, 4.69) is 5.32 Å². The molecule has 0 bridgehead atoms. The molecule has 4 N–H and O–H groups in total. The van der Waals surface area contributed by atoms with E-state index >= 15 is 0 Å². The SMILES string of the molecule is NCC1(C(=O)NCc2ccccc2O)CCC1. The molecule has 0 heterocycles. The van der Waals surface area contributed by atoms with Crippen LogP contribution in [-0.2, 0) is 11.3 Å². The molecule has 1 fully saturated rings. The van der Waals surface area contributed by atoms with E-state index in [9.17, 15) is 9.90 Å². The second kappa shape index (κ2) is 4.75. The van der Waals surface area contributed by atoms with Gasteiger partial charge in [0.1, 0.15) is 5.75 Å². The van der Waals surface area contributed by atoms with Crippen molar-refractivity contribution in [3.05, 3.63) is 29.8 Å². The second-order valence-corrected chi connectivity index (χ2v) is 4.65. The molecule has 1 aromatic carbocycles. The van der Waals surface area contributed by atoms with Crippen LogP contribution in [0, 0.1) is 5.41 Å². The highest BCUT2D eigenvalue weighted by Gasteiger charge is 2.42. The smallest absolute Gasteiger partial charge is 0.227 e. The molecule has 17 heavy (non-hydrogen) atoms. The number of nitrogens with two attached hydrogens (primary N) is 1. The van der Waals surface area contributed by atoms with Crippen LogP contribution >= 0.6 is 0 Å². The van der Waals surface area contributed by atoms with Gasteiger partial charge in [0.15, 0.2) is 0 Å². The Morgan fingerprint density at radius 2 is 2.12 bits per heavy atom. The van der Waals surface area contributed by atoms with Crippen LogP contribution in [0.5, 0.6) is 5.75 Å². The number of phenolic OH excluding ortho intramolecular Hbond substituents is 1. The molecule has 4 nitrogen and oxygen atoms in total. The highest BCUT2D eigenvalue weighted by atomic mass is 16.3. The molecule has 1 aliphatic carbocycles. The van der Waals surface area contributed by atoms with Gasteiger partial charge >= 0.3 is 0 Å². The Bertz CT molecular complexity index is 408. The van der Waals surface area contributed by atoms with E-state index in [1.807, 2.05) is 6.07 Å². The molecule has 1 amide bonds. The summed E-state index contributed by atoms with van der Waals surface area (Å²) in [4.78, 5) is 12.0. The number of para-hydroxylation sites is 1. The molecule has 1 aromatic rings. The summed E-state index contributed by atoms with van der Waals surface area (Å²) < 4.78 is 0. The summed E-state index contributed by atoms with van der Waals surface area (Å²) >= 11 is 0. The molecule has 0 unspecified atom stereocenters. The lowest BCUT2D eigenvalue weighted by molar-refractivity contribution is -0.135. The quantitative estimate of drug-likeness (QED) is 0.731. The van der Waals surface area contributed by atoms with Gasteiger partial charge in [-0.1, -0.05) is 24.6 Å². The van der Waals surface area contributed by atoms with Gasteiger partial charge in [-0.05, 0) is 18.9 Å². The second-order valence-electron chi connectivity index (χ2n) is 4.65. The van der Waals surface area contributed by atoms with E-state index in [4.69, 9.17) is 5.73 Å². The number of hydrogen-bond acceptors (Lipinski definition) is 3. The Labute approximate surface area is 101 Å². The summed E-state index contributed by atoms with van der Waals surface area (Å²) in [5, 5.41) is 12.4. The van der Waals surface area contributed by atoms with Gasteiger partial charge < -0.3 is 16.2 Å². The van der Waals surface area contributed by atoms with Crippen molar-refractivity contribution in [2.75, 3.05) is 6.54 Å². The summed E-state index contributed by atoms with van der Waals surface area (Å²) in [6, 6.07) is 7.01. The average molecular weight is 234 g/mol. The van der Waals surface area contributed by atoms with Gasteiger partial charge in [-0.25, -0.2) is 0 Å². The Morgan fingerprint density at radius 1 is 1.41 bits per heavy atom. The highest BCUT2D eigenvalue weighted by molar-refractivity contribution is 5.83. The van der Waals surface area contributed by atoms with Crippen molar-refractivity contribution in [2.45, 2.75) is 25.8 Å². The number of benzene rings is 1. The van der Waals surface area contributed by atoms with Crippen LogP contribution in [0.4, 0.5) is 0 Å². The van der Waals surface area contributed by atoms with Crippen LogP contribution in [0.1, 0.15) is 24.8 Å². The summed E-state index contributed by atoms with van der Waals surface area (Å²) in [5.74, 6) is 0.220. The largest absolute Gasteiger partial charge is 0.508 e. The van der Waals surface area contributed by atoms with Crippen LogP contribution < -0.4 is 11.1 Å². The predicted molar refractivity (Wildman–Crippen MR) is 65.3 cm³/mol. The molecular weight excluding hydrogens is 216 g/mol. The third-order valence-electron chi connectivity index (χ3n) is 3.61. The molecule has 0 aromatic heterocycles. The third-order valence-corrected chi connectivity index (χ3v) is 3.61.